The number of hydrogen-bond acceptors (Lipinski definition) is 2. The third kappa shape index (κ3) is 5.33. The zero-order valence-corrected chi connectivity index (χ0v) is 29.2. The standard InChI is InChI=1S/C50H33NS/c1-3-11-34(12-4-1)37-21-26-43(27-22-37)51(44-28-23-38(24-29-44)35-13-5-2-6-14-35)47-32-42-17-9-10-18-45(42)49-46-30-25-41(33-48(46)52-50(47)49)40-20-19-36-15-7-8-16-39(36)31-40/h1-33H. The summed E-state index contributed by atoms with van der Waals surface area (Å²) in [7, 11) is 0. The Bertz CT molecular complexity index is 2790. The van der Waals surface area contributed by atoms with Crippen LogP contribution in [0.15, 0.2) is 200 Å². The summed E-state index contributed by atoms with van der Waals surface area (Å²) in [5.74, 6) is 0. The Hall–Kier alpha value is -6.48. The highest BCUT2D eigenvalue weighted by Gasteiger charge is 2.21. The molecule has 9 aromatic carbocycles. The van der Waals surface area contributed by atoms with Gasteiger partial charge >= 0.3 is 0 Å². The second-order valence-corrected chi connectivity index (χ2v) is 14.4. The molecular formula is C50H33NS. The van der Waals surface area contributed by atoms with E-state index < -0.39 is 0 Å². The molecule has 0 aliphatic heterocycles. The highest BCUT2D eigenvalue weighted by Crippen LogP contribution is 2.49. The van der Waals surface area contributed by atoms with Crippen molar-refractivity contribution in [3.63, 3.8) is 0 Å². The van der Waals surface area contributed by atoms with Crippen molar-refractivity contribution in [3.8, 4) is 33.4 Å². The first-order valence-corrected chi connectivity index (χ1v) is 18.6. The van der Waals surface area contributed by atoms with Crippen molar-refractivity contribution in [1.29, 1.82) is 0 Å². The maximum atomic E-state index is 2.44. The van der Waals surface area contributed by atoms with Gasteiger partial charge in [-0.25, -0.2) is 0 Å². The van der Waals surface area contributed by atoms with E-state index >= 15 is 0 Å². The van der Waals surface area contributed by atoms with Crippen LogP contribution >= 0.6 is 11.3 Å². The fourth-order valence-corrected chi connectivity index (χ4v) is 8.88. The Kier molecular flexibility index (Phi) is 7.41. The maximum absolute atomic E-state index is 2.44. The maximum Gasteiger partial charge on any atom is 0.0646 e. The quantitative estimate of drug-likeness (QED) is 0.169. The molecule has 0 radical (unpaired) electrons. The van der Waals surface area contributed by atoms with E-state index in [1.807, 2.05) is 11.3 Å². The Morgan fingerprint density at radius 2 is 0.827 bits per heavy atom. The summed E-state index contributed by atoms with van der Waals surface area (Å²) in [6.07, 6.45) is 0. The van der Waals surface area contributed by atoms with Gasteiger partial charge in [0.2, 0.25) is 0 Å². The molecule has 0 aliphatic rings. The van der Waals surface area contributed by atoms with Gasteiger partial charge in [-0.15, -0.1) is 11.3 Å². The van der Waals surface area contributed by atoms with E-state index in [0.717, 1.165) is 11.4 Å². The molecule has 0 unspecified atom stereocenters. The fourth-order valence-electron chi connectivity index (χ4n) is 7.62. The second-order valence-electron chi connectivity index (χ2n) is 13.4. The number of fused-ring (bicyclic) bond motifs is 6. The molecule has 244 valence electrons. The summed E-state index contributed by atoms with van der Waals surface area (Å²) in [4.78, 5) is 2.44. The summed E-state index contributed by atoms with van der Waals surface area (Å²) in [6, 6.07) is 72.9. The van der Waals surface area contributed by atoms with Crippen molar-refractivity contribution in [2.75, 3.05) is 4.90 Å². The van der Waals surface area contributed by atoms with Gasteiger partial charge in [-0.1, -0.05) is 158 Å². The summed E-state index contributed by atoms with van der Waals surface area (Å²) < 4.78 is 2.57. The SMILES string of the molecule is c1ccc(-c2ccc(N(c3ccc(-c4ccccc4)cc3)c3cc4ccccc4c4c3sc3cc(-c5ccc6ccccc6c5)ccc34)cc2)cc1. The Balaban J connectivity index is 1.18. The van der Waals surface area contributed by atoms with Crippen LogP contribution in [0.2, 0.25) is 0 Å². The van der Waals surface area contributed by atoms with Gasteiger partial charge in [0.25, 0.3) is 0 Å². The van der Waals surface area contributed by atoms with Crippen LogP contribution in [0, 0.1) is 0 Å². The molecule has 0 N–H and O–H groups in total. The minimum Gasteiger partial charge on any atom is -0.309 e. The molecule has 1 aromatic heterocycles. The molecule has 0 fully saturated rings. The molecule has 0 bridgehead atoms. The van der Waals surface area contributed by atoms with Crippen LogP contribution in [0.4, 0.5) is 17.1 Å². The zero-order chi connectivity index (χ0) is 34.4. The van der Waals surface area contributed by atoms with E-state index in [1.54, 1.807) is 0 Å². The highest BCUT2D eigenvalue weighted by molar-refractivity contribution is 7.26. The Morgan fingerprint density at radius 3 is 1.48 bits per heavy atom. The first-order valence-electron chi connectivity index (χ1n) is 17.8. The smallest absolute Gasteiger partial charge is 0.0646 e. The number of hydrogen-bond donors (Lipinski definition) is 0. The van der Waals surface area contributed by atoms with Crippen LogP contribution < -0.4 is 4.90 Å². The normalized spacial score (nSPS) is 11.5. The van der Waals surface area contributed by atoms with Crippen molar-refractivity contribution in [1.82, 2.24) is 0 Å². The summed E-state index contributed by atoms with van der Waals surface area (Å²) in [5.41, 5.74) is 10.7. The van der Waals surface area contributed by atoms with Gasteiger partial charge in [-0.05, 0) is 97.4 Å². The van der Waals surface area contributed by atoms with E-state index in [9.17, 15) is 0 Å². The molecule has 52 heavy (non-hydrogen) atoms. The van der Waals surface area contributed by atoms with Crippen LogP contribution in [0.1, 0.15) is 0 Å². The van der Waals surface area contributed by atoms with E-state index in [0.29, 0.717) is 0 Å². The van der Waals surface area contributed by atoms with Crippen molar-refractivity contribution in [2.24, 2.45) is 0 Å². The molecular weight excluding hydrogens is 647 g/mol. The topological polar surface area (TPSA) is 3.24 Å². The Labute approximate surface area is 307 Å². The van der Waals surface area contributed by atoms with Crippen molar-refractivity contribution < 1.29 is 0 Å². The highest BCUT2D eigenvalue weighted by atomic mass is 32.1. The van der Waals surface area contributed by atoms with Gasteiger partial charge in [-0.3, -0.25) is 0 Å². The molecule has 0 amide bonds. The molecule has 10 aromatic rings. The van der Waals surface area contributed by atoms with Crippen molar-refractivity contribution >= 4 is 70.1 Å². The van der Waals surface area contributed by atoms with Crippen LogP contribution in [-0.4, -0.2) is 0 Å². The predicted octanol–water partition coefficient (Wildman–Crippen LogP) is 14.8. The van der Waals surface area contributed by atoms with E-state index in [2.05, 4.69) is 205 Å². The molecule has 1 heterocycles. The Morgan fingerprint density at radius 1 is 0.327 bits per heavy atom. The van der Waals surface area contributed by atoms with Crippen LogP contribution in [-0.2, 0) is 0 Å². The van der Waals surface area contributed by atoms with Crippen LogP contribution in [0.5, 0.6) is 0 Å². The molecule has 2 heteroatoms. The van der Waals surface area contributed by atoms with Gasteiger partial charge in [0.1, 0.15) is 0 Å². The molecule has 0 saturated heterocycles. The average molecular weight is 680 g/mol. The number of thiophene rings is 1. The monoisotopic (exact) mass is 679 g/mol. The lowest BCUT2D eigenvalue weighted by Gasteiger charge is -2.27. The van der Waals surface area contributed by atoms with Crippen molar-refractivity contribution in [3.05, 3.63) is 200 Å². The second kappa shape index (κ2) is 12.7. The van der Waals surface area contributed by atoms with Gasteiger partial charge in [0.15, 0.2) is 0 Å². The molecule has 0 saturated carbocycles. The van der Waals surface area contributed by atoms with Gasteiger partial charge in [0, 0.05) is 26.8 Å². The first-order chi connectivity index (χ1) is 25.8. The lowest BCUT2D eigenvalue weighted by Crippen LogP contribution is -2.10. The van der Waals surface area contributed by atoms with Crippen LogP contribution in [0.3, 0.4) is 0 Å². The van der Waals surface area contributed by atoms with Gasteiger partial charge in [-0.2, -0.15) is 0 Å². The zero-order valence-electron chi connectivity index (χ0n) is 28.4. The summed E-state index contributed by atoms with van der Waals surface area (Å²) >= 11 is 1.89. The molecule has 0 aliphatic carbocycles. The van der Waals surface area contributed by atoms with E-state index in [4.69, 9.17) is 0 Å². The van der Waals surface area contributed by atoms with E-state index in [-0.39, 0.29) is 0 Å². The molecule has 1 nitrogen and oxygen atoms in total. The third-order valence-corrected chi connectivity index (χ3v) is 11.4. The number of anilines is 3. The molecule has 0 atom stereocenters. The predicted molar refractivity (Wildman–Crippen MR) is 225 cm³/mol. The number of rotatable bonds is 6. The lowest BCUT2D eigenvalue weighted by atomic mass is 9.98. The minimum absolute atomic E-state index is 1.12. The van der Waals surface area contributed by atoms with Gasteiger partial charge in [0.05, 0.1) is 10.4 Å². The first kappa shape index (κ1) is 30.4. The summed E-state index contributed by atoms with van der Waals surface area (Å²) in [5, 5.41) is 7.64. The number of benzene rings is 9. The van der Waals surface area contributed by atoms with Gasteiger partial charge < -0.3 is 4.90 Å². The van der Waals surface area contributed by atoms with E-state index in [1.165, 1.54) is 80.8 Å². The summed E-state index contributed by atoms with van der Waals surface area (Å²) in [6.45, 7) is 0. The van der Waals surface area contributed by atoms with Crippen molar-refractivity contribution in [2.45, 2.75) is 0 Å². The largest absolute Gasteiger partial charge is 0.309 e. The van der Waals surface area contributed by atoms with Crippen LogP contribution in [0.25, 0.3) is 75.1 Å². The average Bonchev–Trinajstić information content (AvgIpc) is 3.61. The third-order valence-electron chi connectivity index (χ3n) is 10.2. The molecule has 10 rings (SSSR count). The fraction of sp³-hybridized carbons (Fsp3) is 0. The molecule has 0 spiro atoms. The lowest BCUT2D eigenvalue weighted by molar-refractivity contribution is 1.30. The minimum atomic E-state index is 1.12. The number of nitrogens with zero attached hydrogens (tertiary/aromatic N) is 1.